The molecule has 0 radical (unpaired) electrons. The van der Waals surface area contributed by atoms with Gasteiger partial charge in [-0.15, -0.1) is 0 Å². The first-order chi connectivity index (χ1) is 4.75. The fourth-order valence-electron chi connectivity index (χ4n) is 1.35. The van der Waals surface area contributed by atoms with Gasteiger partial charge >= 0.3 is 5.97 Å². The number of carboxylic acid groups (broad SMARTS) is 1. The Kier molecular flexibility index (Phi) is 1.94. The normalized spacial score (nSPS) is 29.2. The van der Waals surface area contributed by atoms with Crippen LogP contribution in [0.5, 0.6) is 0 Å². The lowest BCUT2D eigenvalue weighted by Crippen LogP contribution is -2.11. The van der Waals surface area contributed by atoms with Crippen LogP contribution in [0.4, 0.5) is 0 Å². The summed E-state index contributed by atoms with van der Waals surface area (Å²) in [5.74, 6) is -1.04. The van der Waals surface area contributed by atoms with Gasteiger partial charge in [0.05, 0.1) is 5.92 Å². The molecule has 1 atom stereocenters. The van der Waals surface area contributed by atoms with Crippen molar-refractivity contribution in [3.63, 3.8) is 0 Å². The number of rotatable bonds is 1. The third-order valence-electron chi connectivity index (χ3n) is 1.92. The number of carboxylic acids is 1. The minimum absolute atomic E-state index is 0.301. The summed E-state index contributed by atoms with van der Waals surface area (Å²) in [7, 11) is 0. The zero-order valence-corrected chi connectivity index (χ0v) is 5.71. The van der Waals surface area contributed by atoms with E-state index in [4.69, 9.17) is 10.8 Å². The van der Waals surface area contributed by atoms with Crippen molar-refractivity contribution in [2.24, 2.45) is 11.7 Å². The summed E-state index contributed by atoms with van der Waals surface area (Å²) in [6, 6.07) is 0. The maximum absolute atomic E-state index is 10.5. The lowest BCUT2D eigenvalue weighted by atomic mass is 10.0. The zero-order valence-electron chi connectivity index (χ0n) is 5.71. The molecule has 0 aliphatic heterocycles. The smallest absolute Gasteiger partial charge is 0.310 e. The average Bonchev–Trinajstić information content (AvgIpc) is 2.33. The van der Waals surface area contributed by atoms with Crippen LogP contribution < -0.4 is 5.73 Å². The van der Waals surface area contributed by atoms with Gasteiger partial charge in [-0.3, -0.25) is 4.79 Å². The summed E-state index contributed by atoms with van der Waals surface area (Å²) in [5.41, 5.74) is 6.12. The monoisotopic (exact) mass is 141 g/mol. The Morgan fingerprint density at radius 1 is 1.80 bits per heavy atom. The predicted molar refractivity (Wildman–Crippen MR) is 37.2 cm³/mol. The van der Waals surface area contributed by atoms with E-state index in [0.717, 1.165) is 24.8 Å². The zero-order chi connectivity index (χ0) is 7.56. The van der Waals surface area contributed by atoms with Crippen molar-refractivity contribution in [2.45, 2.75) is 19.3 Å². The molecule has 1 aliphatic carbocycles. The van der Waals surface area contributed by atoms with E-state index in [1.165, 1.54) is 6.20 Å². The van der Waals surface area contributed by atoms with E-state index in [1.807, 2.05) is 0 Å². The van der Waals surface area contributed by atoms with Gasteiger partial charge in [0.2, 0.25) is 0 Å². The van der Waals surface area contributed by atoms with Gasteiger partial charge in [0.1, 0.15) is 0 Å². The Hall–Kier alpha value is -0.990. The van der Waals surface area contributed by atoms with Gasteiger partial charge < -0.3 is 10.8 Å². The number of aliphatic carboxylic acids is 1. The van der Waals surface area contributed by atoms with Gasteiger partial charge in [0, 0.05) is 0 Å². The topological polar surface area (TPSA) is 63.3 Å². The van der Waals surface area contributed by atoms with Crippen LogP contribution >= 0.6 is 0 Å². The van der Waals surface area contributed by atoms with Crippen molar-refractivity contribution in [1.29, 1.82) is 0 Å². The van der Waals surface area contributed by atoms with Crippen LogP contribution in [0.1, 0.15) is 19.3 Å². The van der Waals surface area contributed by atoms with E-state index in [1.54, 1.807) is 0 Å². The average molecular weight is 141 g/mol. The van der Waals surface area contributed by atoms with Crippen LogP contribution in [0.25, 0.3) is 0 Å². The number of carbonyl (C=O) groups is 1. The third kappa shape index (κ3) is 1.12. The first-order valence-electron chi connectivity index (χ1n) is 3.39. The number of nitrogens with two attached hydrogens (primary N) is 1. The molecule has 1 fully saturated rings. The molecule has 0 bridgehead atoms. The second-order valence-electron chi connectivity index (χ2n) is 2.52. The van der Waals surface area contributed by atoms with Crippen molar-refractivity contribution >= 4 is 5.97 Å². The molecule has 3 nitrogen and oxygen atoms in total. The van der Waals surface area contributed by atoms with E-state index < -0.39 is 5.97 Å². The number of hydrogen-bond acceptors (Lipinski definition) is 2. The lowest BCUT2D eigenvalue weighted by molar-refractivity contribution is -0.140. The van der Waals surface area contributed by atoms with Gasteiger partial charge in [0.25, 0.3) is 0 Å². The van der Waals surface area contributed by atoms with Crippen molar-refractivity contribution in [3.05, 3.63) is 11.8 Å². The molecule has 10 heavy (non-hydrogen) atoms. The summed E-state index contributed by atoms with van der Waals surface area (Å²) in [6.07, 6.45) is 4.00. The largest absolute Gasteiger partial charge is 0.481 e. The van der Waals surface area contributed by atoms with Gasteiger partial charge in [-0.2, -0.15) is 0 Å². The van der Waals surface area contributed by atoms with E-state index in [0.29, 0.717) is 0 Å². The lowest BCUT2D eigenvalue weighted by Gasteiger charge is -2.02. The molecular weight excluding hydrogens is 130 g/mol. The van der Waals surface area contributed by atoms with Crippen molar-refractivity contribution in [3.8, 4) is 0 Å². The molecule has 3 heteroatoms. The summed E-state index contributed by atoms with van der Waals surface area (Å²) < 4.78 is 0. The highest BCUT2D eigenvalue weighted by Gasteiger charge is 2.26. The Bertz CT molecular complexity index is 174. The minimum Gasteiger partial charge on any atom is -0.481 e. The fraction of sp³-hybridized carbons (Fsp3) is 0.571. The summed E-state index contributed by atoms with van der Waals surface area (Å²) in [5, 5.41) is 8.62. The first kappa shape index (κ1) is 7.12. The molecule has 0 aromatic rings. The minimum atomic E-state index is -0.741. The summed E-state index contributed by atoms with van der Waals surface area (Å²) in [4.78, 5) is 10.5. The fourth-order valence-corrected chi connectivity index (χ4v) is 1.35. The van der Waals surface area contributed by atoms with E-state index in [2.05, 4.69) is 0 Å². The summed E-state index contributed by atoms with van der Waals surface area (Å²) >= 11 is 0. The first-order valence-corrected chi connectivity index (χ1v) is 3.39. The summed E-state index contributed by atoms with van der Waals surface area (Å²) in [6.45, 7) is 0. The van der Waals surface area contributed by atoms with Crippen molar-refractivity contribution in [1.82, 2.24) is 0 Å². The van der Waals surface area contributed by atoms with Gasteiger partial charge in [-0.05, 0) is 31.0 Å². The SMILES string of the molecule is NC=C1CCC[C@@H]1C(=O)O. The molecule has 0 heterocycles. The molecule has 56 valence electrons. The number of hydrogen-bond donors (Lipinski definition) is 2. The molecule has 0 aromatic carbocycles. The highest BCUT2D eigenvalue weighted by molar-refractivity contribution is 5.74. The van der Waals surface area contributed by atoms with Crippen LogP contribution in [-0.2, 0) is 4.79 Å². The van der Waals surface area contributed by atoms with Gasteiger partial charge in [0.15, 0.2) is 0 Å². The molecule has 0 amide bonds. The van der Waals surface area contributed by atoms with Crippen LogP contribution in [-0.4, -0.2) is 11.1 Å². The second kappa shape index (κ2) is 2.73. The molecule has 1 saturated carbocycles. The van der Waals surface area contributed by atoms with Gasteiger partial charge in [-0.25, -0.2) is 0 Å². The van der Waals surface area contributed by atoms with Crippen molar-refractivity contribution in [2.75, 3.05) is 0 Å². The maximum Gasteiger partial charge on any atom is 0.310 e. The molecular formula is C7H11NO2. The Morgan fingerprint density at radius 2 is 2.50 bits per heavy atom. The molecule has 3 N–H and O–H groups in total. The molecule has 0 unspecified atom stereocenters. The molecule has 1 rings (SSSR count). The Labute approximate surface area is 59.5 Å². The molecule has 0 saturated heterocycles. The predicted octanol–water partition coefficient (Wildman–Crippen LogP) is 0.714. The van der Waals surface area contributed by atoms with Crippen molar-refractivity contribution < 1.29 is 9.90 Å². The molecule has 0 spiro atoms. The maximum atomic E-state index is 10.5. The standard InChI is InChI=1S/C7H11NO2/c8-4-5-2-1-3-6(5)7(9)10/h4,6H,1-3,8H2,(H,9,10)/t6-/m0/s1. The highest BCUT2D eigenvalue weighted by atomic mass is 16.4. The van der Waals surface area contributed by atoms with Crippen LogP contribution in [0.2, 0.25) is 0 Å². The van der Waals surface area contributed by atoms with E-state index >= 15 is 0 Å². The van der Waals surface area contributed by atoms with E-state index in [9.17, 15) is 4.79 Å². The van der Waals surface area contributed by atoms with Crippen LogP contribution in [0, 0.1) is 5.92 Å². The third-order valence-corrected chi connectivity index (χ3v) is 1.92. The van der Waals surface area contributed by atoms with Crippen LogP contribution in [0.3, 0.4) is 0 Å². The molecule has 1 aliphatic rings. The van der Waals surface area contributed by atoms with E-state index in [-0.39, 0.29) is 5.92 Å². The Morgan fingerprint density at radius 3 is 2.90 bits per heavy atom. The molecule has 0 aromatic heterocycles. The Balaban J connectivity index is 2.68. The quantitative estimate of drug-likeness (QED) is 0.565. The van der Waals surface area contributed by atoms with Gasteiger partial charge in [-0.1, -0.05) is 0 Å². The second-order valence-corrected chi connectivity index (χ2v) is 2.52. The van der Waals surface area contributed by atoms with Crippen LogP contribution in [0.15, 0.2) is 11.8 Å². The highest BCUT2D eigenvalue weighted by Crippen LogP contribution is 2.29.